The molecule has 2 atom stereocenters. The summed E-state index contributed by atoms with van der Waals surface area (Å²) in [6, 6.07) is 9.25. The molecule has 1 fully saturated rings. The maximum absolute atomic E-state index is 13.3. The number of hydrogen-bond donors (Lipinski definition) is 2. The van der Waals surface area contributed by atoms with Gasteiger partial charge in [0.05, 0.1) is 29.1 Å². The van der Waals surface area contributed by atoms with Gasteiger partial charge in [-0.25, -0.2) is 0 Å². The normalized spacial score (nSPS) is 21.0. The monoisotopic (exact) mass is 408 g/mol. The molecule has 0 spiro atoms. The van der Waals surface area contributed by atoms with Gasteiger partial charge >= 0.3 is 0 Å². The van der Waals surface area contributed by atoms with Crippen molar-refractivity contribution in [1.82, 2.24) is 0 Å². The molecule has 2 aliphatic heterocycles. The molecule has 2 aromatic carbocycles. The van der Waals surface area contributed by atoms with E-state index in [0.717, 1.165) is 12.1 Å². The average molecular weight is 408 g/mol. The van der Waals surface area contributed by atoms with Crippen LogP contribution < -0.4 is 19.8 Å². The number of piperidine rings is 1. The highest BCUT2D eigenvalue weighted by atomic mass is 16.6. The topological polar surface area (TPSA) is 73.3 Å². The molecule has 3 heterocycles. The van der Waals surface area contributed by atoms with Crippen LogP contribution in [0.1, 0.15) is 31.7 Å². The van der Waals surface area contributed by atoms with Crippen molar-refractivity contribution in [2.75, 3.05) is 19.8 Å². The van der Waals surface area contributed by atoms with E-state index < -0.39 is 0 Å². The first-order valence-electron chi connectivity index (χ1n) is 10.6. The van der Waals surface area contributed by atoms with Crippen LogP contribution in [0.5, 0.6) is 17.2 Å². The maximum atomic E-state index is 13.3. The highest BCUT2D eigenvalue weighted by Crippen LogP contribution is 2.34. The van der Waals surface area contributed by atoms with Gasteiger partial charge in [0.1, 0.15) is 37.4 Å². The van der Waals surface area contributed by atoms with E-state index in [1.54, 1.807) is 12.1 Å². The number of fused-ring (bicyclic) bond motifs is 2. The molecule has 3 aromatic rings. The van der Waals surface area contributed by atoms with Crippen LogP contribution in [0.3, 0.4) is 0 Å². The van der Waals surface area contributed by atoms with Crippen LogP contribution in [0.25, 0.3) is 22.1 Å². The molecule has 1 saturated heterocycles. The molecule has 6 nitrogen and oxygen atoms in total. The molecule has 0 amide bonds. The molecule has 2 aliphatic rings. The maximum Gasteiger partial charge on any atom is 0.200 e. The van der Waals surface area contributed by atoms with Crippen molar-refractivity contribution in [1.29, 1.82) is 0 Å². The highest BCUT2D eigenvalue weighted by Gasteiger charge is 2.25. The van der Waals surface area contributed by atoms with Crippen LogP contribution in [0.4, 0.5) is 0 Å². The zero-order chi connectivity index (χ0) is 20.7. The summed E-state index contributed by atoms with van der Waals surface area (Å²) < 4.78 is 17.2. The largest absolute Gasteiger partial charge is 0.507 e. The molecule has 2 N–H and O–H groups in total. The van der Waals surface area contributed by atoms with Crippen LogP contribution in [0, 0.1) is 0 Å². The zero-order valence-electron chi connectivity index (χ0n) is 17.1. The van der Waals surface area contributed by atoms with E-state index in [4.69, 9.17) is 13.9 Å². The van der Waals surface area contributed by atoms with E-state index in [9.17, 15) is 9.90 Å². The van der Waals surface area contributed by atoms with Crippen molar-refractivity contribution < 1.29 is 23.9 Å². The number of ether oxygens (including phenoxy) is 2. The quantitative estimate of drug-likeness (QED) is 0.697. The minimum atomic E-state index is -0.115. The van der Waals surface area contributed by atoms with E-state index in [0.29, 0.717) is 59.4 Å². The number of aromatic hydroxyl groups is 1. The molecule has 156 valence electrons. The third kappa shape index (κ3) is 3.31. The van der Waals surface area contributed by atoms with Crippen LogP contribution >= 0.6 is 0 Å². The molecule has 30 heavy (non-hydrogen) atoms. The minimum Gasteiger partial charge on any atom is -0.507 e. The van der Waals surface area contributed by atoms with E-state index in [2.05, 4.69) is 6.92 Å². The number of nitrogens with one attached hydrogen (secondary N) is 1. The Balaban J connectivity index is 1.57. The second kappa shape index (κ2) is 7.69. The number of benzene rings is 2. The fourth-order valence-corrected chi connectivity index (χ4v) is 4.57. The Labute approximate surface area is 174 Å². The average Bonchev–Trinajstić information content (AvgIpc) is 2.77. The second-order valence-corrected chi connectivity index (χ2v) is 8.26. The predicted octanol–water partition coefficient (Wildman–Crippen LogP) is 2.89. The summed E-state index contributed by atoms with van der Waals surface area (Å²) in [5, 5.41) is 11.0. The Morgan fingerprint density at radius 1 is 1.10 bits per heavy atom. The van der Waals surface area contributed by atoms with E-state index >= 15 is 0 Å². The molecule has 2 unspecified atom stereocenters. The van der Waals surface area contributed by atoms with Crippen molar-refractivity contribution in [2.24, 2.45) is 0 Å². The number of hydrogen-bond acceptors (Lipinski definition) is 5. The molecular formula is C24H26NO5+. The number of likely N-dealkylation sites (tertiary alicyclic amines) is 1. The van der Waals surface area contributed by atoms with Crippen LogP contribution in [0.2, 0.25) is 0 Å². The molecule has 1 aromatic heterocycles. The number of rotatable bonds is 3. The Hall–Kier alpha value is -2.99. The lowest BCUT2D eigenvalue weighted by Gasteiger charge is -2.30. The lowest BCUT2D eigenvalue weighted by molar-refractivity contribution is -0.941. The molecule has 0 radical (unpaired) electrons. The van der Waals surface area contributed by atoms with Gasteiger partial charge in [0, 0.05) is 0 Å². The summed E-state index contributed by atoms with van der Waals surface area (Å²) in [5.41, 5.74) is 2.26. The Morgan fingerprint density at radius 3 is 2.77 bits per heavy atom. The first-order valence-corrected chi connectivity index (χ1v) is 10.6. The standard InChI is InChI=1S/C24H25NO5/c1-15-4-2-3-9-25(15)13-18-20(26)7-6-17-23(27)19(14-30-24(17)18)16-5-8-21-22(12-16)29-11-10-28-21/h5-8,12,14-15,26H,2-4,9-11,13H2,1H3/p+1. The van der Waals surface area contributed by atoms with E-state index in [-0.39, 0.29) is 11.2 Å². The lowest BCUT2D eigenvalue weighted by atomic mass is 10.0. The summed E-state index contributed by atoms with van der Waals surface area (Å²) in [7, 11) is 0. The van der Waals surface area contributed by atoms with Gasteiger partial charge in [-0.3, -0.25) is 4.79 Å². The van der Waals surface area contributed by atoms with Crippen LogP contribution in [0.15, 0.2) is 45.8 Å². The fraction of sp³-hybridized carbons (Fsp3) is 0.375. The molecule has 0 aliphatic carbocycles. The molecule has 6 heteroatoms. The highest BCUT2D eigenvalue weighted by molar-refractivity contribution is 5.85. The van der Waals surface area contributed by atoms with Gasteiger partial charge in [-0.05, 0) is 56.0 Å². The SMILES string of the molecule is CC1CCCC[NH+]1Cc1c(O)ccc2c(=O)c(-c3ccc4c(c3)OCCO4)coc12. The van der Waals surface area contributed by atoms with Crippen molar-refractivity contribution >= 4 is 11.0 Å². The zero-order valence-corrected chi connectivity index (χ0v) is 17.1. The van der Waals surface area contributed by atoms with Crippen LogP contribution in [-0.2, 0) is 6.54 Å². The third-order valence-corrected chi connectivity index (χ3v) is 6.36. The minimum absolute atomic E-state index is 0.115. The lowest BCUT2D eigenvalue weighted by Crippen LogP contribution is -3.14. The first-order chi connectivity index (χ1) is 14.6. The van der Waals surface area contributed by atoms with E-state index in [1.165, 1.54) is 30.4 Å². The van der Waals surface area contributed by atoms with Gasteiger partial charge in [0.15, 0.2) is 11.5 Å². The van der Waals surface area contributed by atoms with Gasteiger partial charge in [-0.15, -0.1) is 0 Å². The van der Waals surface area contributed by atoms with Gasteiger partial charge in [0.2, 0.25) is 5.43 Å². The smallest absolute Gasteiger partial charge is 0.200 e. The van der Waals surface area contributed by atoms with Crippen molar-refractivity contribution in [3.8, 4) is 28.4 Å². The third-order valence-electron chi connectivity index (χ3n) is 6.36. The number of quaternary nitrogens is 1. The fourth-order valence-electron chi connectivity index (χ4n) is 4.57. The van der Waals surface area contributed by atoms with Crippen molar-refractivity contribution in [3.63, 3.8) is 0 Å². The summed E-state index contributed by atoms with van der Waals surface area (Å²) >= 11 is 0. The van der Waals surface area contributed by atoms with Crippen LogP contribution in [-0.4, -0.2) is 30.9 Å². The number of phenols is 1. The van der Waals surface area contributed by atoms with Gasteiger partial charge in [-0.1, -0.05) is 6.07 Å². The van der Waals surface area contributed by atoms with Crippen molar-refractivity contribution in [2.45, 2.75) is 38.8 Å². The van der Waals surface area contributed by atoms with E-state index in [1.807, 2.05) is 18.2 Å². The summed E-state index contributed by atoms with van der Waals surface area (Å²) in [6.45, 7) is 4.97. The summed E-state index contributed by atoms with van der Waals surface area (Å²) in [4.78, 5) is 14.7. The summed E-state index contributed by atoms with van der Waals surface area (Å²) in [6.07, 6.45) is 5.11. The molecule has 0 saturated carbocycles. The molecule has 0 bridgehead atoms. The number of phenolic OH excluding ortho intramolecular Hbond substituents is 1. The van der Waals surface area contributed by atoms with Gasteiger partial charge in [0.25, 0.3) is 0 Å². The van der Waals surface area contributed by atoms with Gasteiger partial charge in [-0.2, -0.15) is 0 Å². The van der Waals surface area contributed by atoms with Gasteiger partial charge < -0.3 is 23.9 Å². The summed E-state index contributed by atoms with van der Waals surface area (Å²) in [5.74, 6) is 1.50. The molecule has 5 rings (SSSR count). The predicted molar refractivity (Wildman–Crippen MR) is 113 cm³/mol. The second-order valence-electron chi connectivity index (χ2n) is 8.26. The Bertz CT molecular complexity index is 1150. The Kier molecular flexibility index (Phi) is 4.87. The molecular weight excluding hydrogens is 382 g/mol. The Morgan fingerprint density at radius 2 is 1.93 bits per heavy atom. The van der Waals surface area contributed by atoms with Crippen molar-refractivity contribution in [3.05, 3.63) is 52.4 Å². The first kappa shape index (κ1) is 19.0.